The zero-order chi connectivity index (χ0) is 10.6. The van der Waals surface area contributed by atoms with Crippen molar-refractivity contribution in [2.45, 2.75) is 6.92 Å². The average Bonchev–Trinajstić information content (AvgIpc) is 2.19. The minimum absolute atomic E-state index is 0.749. The summed E-state index contributed by atoms with van der Waals surface area (Å²) in [5, 5.41) is 3.27. The van der Waals surface area contributed by atoms with Gasteiger partial charge >= 0.3 is 0 Å². The molecule has 0 fully saturated rings. The van der Waals surface area contributed by atoms with Crippen molar-refractivity contribution in [3.05, 3.63) is 38.3 Å². The zero-order valence-corrected chi connectivity index (χ0v) is 11.6. The van der Waals surface area contributed by atoms with Crippen LogP contribution in [-0.4, -0.2) is 6.54 Å². The molecule has 0 aliphatic heterocycles. The Balaban J connectivity index is 2.71. The zero-order valence-electron chi connectivity index (χ0n) is 7.65. The molecule has 0 aliphatic rings. The lowest BCUT2D eigenvalue weighted by molar-refractivity contribution is 1.21. The predicted octanol–water partition coefficient (Wildman–Crippen LogP) is 4.77. The molecule has 0 spiro atoms. The third-order valence-electron chi connectivity index (χ3n) is 1.67. The van der Waals surface area contributed by atoms with E-state index in [1.165, 1.54) is 0 Å². The van der Waals surface area contributed by atoms with E-state index in [1.54, 1.807) is 5.54 Å². The molecule has 14 heavy (non-hydrogen) atoms. The molecule has 0 aliphatic carbocycles. The SMILES string of the molecule is C/C(=C/Cl)CNc1cc(Br)ccc1Br. The molecule has 0 bridgehead atoms. The van der Waals surface area contributed by atoms with E-state index in [-0.39, 0.29) is 0 Å². The molecule has 1 aromatic rings. The summed E-state index contributed by atoms with van der Waals surface area (Å²) in [6, 6.07) is 6.00. The molecule has 1 aromatic carbocycles. The molecule has 0 saturated heterocycles. The van der Waals surface area contributed by atoms with Crippen LogP contribution in [0.3, 0.4) is 0 Å². The first-order valence-corrected chi connectivity index (χ1v) is 6.10. The molecule has 0 atom stereocenters. The number of hydrogen-bond acceptors (Lipinski definition) is 1. The van der Waals surface area contributed by atoms with Crippen LogP contribution in [0.15, 0.2) is 38.3 Å². The maximum absolute atomic E-state index is 5.57. The Morgan fingerprint density at radius 3 is 2.86 bits per heavy atom. The molecule has 76 valence electrons. The third-order valence-corrected chi connectivity index (χ3v) is 3.23. The van der Waals surface area contributed by atoms with Crippen LogP contribution >= 0.6 is 43.5 Å². The average molecular weight is 339 g/mol. The highest BCUT2D eigenvalue weighted by Crippen LogP contribution is 2.26. The second kappa shape index (κ2) is 5.79. The van der Waals surface area contributed by atoms with Crippen molar-refractivity contribution < 1.29 is 0 Å². The first-order valence-electron chi connectivity index (χ1n) is 4.08. The Labute approximate surface area is 106 Å². The number of hydrogen-bond donors (Lipinski definition) is 1. The minimum atomic E-state index is 0.749. The Hall–Kier alpha value is 0.01000. The van der Waals surface area contributed by atoms with E-state index in [4.69, 9.17) is 11.6 Å². The van der Waals surface area contributed by atoms with Gasteiger partial charge in [-0.1, -0.05) is 27.5 Å². The third kappa shape index (κ3) is 3.64. The van der Waals surface area contributed by atoms with E-state index in [2.05, 4.69) is 37.2 Å². The van der Waals surface area contributed by atoms with Crippen molar-refractivity contribution in [3.8, 4) is 0 Å². The van der Waals surface area contributed by atoms with Gasteiger partial charge in [-0.15, -0.1) is 0 Å². The van der Waals surface area contributed by atoms with E-state index in [9.17, 15) is 0 Å². The summed E-state index contributed by atoms with van der Waals surface area (Å²) in [5.74, 6) is 0. The minimum Gasteiger partial charge on any atom is -0.380 e. The van der Waals surface area contributed by atoms with Crippen LogP contribution in [0.5, 0.6) is 0 Å². The summed E-state index contributed by atoms with van der Waals surface area (Å²) in [7, 11) is 0. The number of nitrogens with one attached hydrogen (secondary N) is 1. The van der Waals surface area contributed by atoms with Gasteiger partial charge in [-0.25, -0.2) is 0 Å². The smallest absolute Gasteiger partial charge is 0.0498 e. The highest BCUT2D eigenvalue weighted by molar-refractivity contribution is 9.11. The standard InChI is InChI=1S/C10H10Br2ClN/c1-7(5-13)6-14-10-4-8(11)2-3-9(10)12/h2-5,14H,6H2,1H3/b7-5-. The van der Waals surface area contributed by atoms with Gasteiger partial charge in [0.25, 0.3) is 0 Å². The molecule has 0 heterocycles. The van der Waals surface area contributed by atoms with Gasteiger partial charge in [0, 0.05) is 26.7 Å². The molecule has 0 aromatic heterocycles. The molecular weight excluding hydrogens is 329 g/mol. The number of anilines is 1. The lowest BCUT2D eigenvalue weighted by Crippen LogP contribution is -2.02. The lowest BCUT2D eigenvalue weighted by Gasteiger charge is -2.08. The van der Waals surface area contributed by atoms with Gasteiger partial charge in [-0.05, 0) is 46.6 Å². The van der Waals surface area contributed by atoms with Crippen LogP contribution < -0.4 is 5.32 Å². The van der Waals surface area contributed by atoms with Crippen LogP contribution in [0, 0.1) is 0 Å². The summed E-state index contributed by atoms with van der Waals surface area (Å²) in [6.45, 7) is 2.73. The van der Waals surface area contributed by atoms with Crippen LogP contribution in [0.1, 0.15) is 6.92 Å². The highest BCUT2D eigenvalue weighted by Gasteiger charge is 1.99. The van der Waals surface area contributed by atoms with E-state index < -0.39 is 0 Å². The molecule has 4 heteroatoms. The van der Waals surface area contributed by atoms with E-state index in [0.29, 0.717) is 0 Å². The molecule has 0 amide bonds. The first-order chi connectivity index (χ1) is 6.63. The van der Waals surface area contributed by atoms with Crippen molar-refractivity contribution in [1.29, 1.82) is 0 Å². The molecule has 0 unspecified atom stereocenters. The molecule has 0 radical (unpaired) electrons. The summed E-state index contributed by atoms with van der Waals surface area (Å²) < 4.78 is 2.10. The second-order valence-electron chi connectivity index (χ2n) is 2.93. The van der Waals surface area contributed by atoms with Gasteiger partial charge < -0.3 is 5.32 Å². The van der Waals surface area contributed by atoms with Gasteiger partial charge in [0.1, 0.15) is 0 Å². The van der Waals surface area contributed by atoms with Crippen molar-refractivity contribution >= 4 is 49.1 Å². The van der Waals surface area contributed by atoms with Gasteiger partial charge in [0.15, 0.2) is 0 Å². The Morgan fingerprint density at radius 1 is 1.50 bits per heavy atom. The van der Waals surface area contributed by atoms with Gasteiger partial charge in [0.05, 0.1) is 0 Å². The Kier molecular flexibility index (Phi) is 4.99. The normalized spacial score (nSPS) is 11.6. The number of rotatable bonds is 3. The van der Waals surface area contributed by atoms with Crippen molar-refractivity contribution in [2.24, 2.45) is 0 Å². The van der Waals surface area contributed by atoms with Gasteiger partial charge in [-0.2, -0.15) is 0 Å². The quantitative estimate of drug-likeness (QED) is 0.837. The highest BCUT2D eigenvalue weighted by atomic mass is 79.9. The fraction of sp³-hybridized carbons (Fsp3) is 0.200. The van der Waals surface area contributed by atoms with Crippen molar-refractivity contribution in [3.63, 3.8) is 0 Å². The van der Waals surface area contributed by atoms with Crippen molar-refractivity contribution in [2.75, 3.05) is 11.9 Å². The summed E-state index contributed by atoms with van der Waals surface area (Å²) in [4.78, 5) is 0. The van der Waals surface area contributed by atoms with E-state index in [0.717, 1.165) is 26.8 Å². The maximum Gasteiger partial charge on any atom is 0.0498 e. The van der Waals surface area contributed by atoms with E-state index in [1.807, 2.05) is 25.1 Å². The molecule has 0 saturated carbocycles. The molecular formula is C10H10Br2ClN. The summed E-state index contributed by atoms with van der Waals surface area (Å²) >= 11 is 12.5. The molecule has 1 rings (SSSR count). The molecule has 1 nitrogen and oxygen atoms in total. The second-order valence-corrected chi connectivity index (χ2v) is 4.92. The van der Waals surface area contributed by atoms with Crippen LogP contribution in [0.4, 0.5) is 5.69 Å². The fourth-order valence-corrected chi connectivity index (χ4v) is 1.73. The van der Waals surface area contributed by atoms with Crippen LogP contribution in [-0.2, 0) is 0 Å². The van der Waals surface area contributed by atoms with Crippen LogP contribution in [0.25, 0.3) is 0 Å². The van der Waals surface area contributed by atoms with Gasteiger partial charge in [0.2, 0.25) is 0 Å². The Morgan fingerprint density at radius 2 is 2.21 bits per heavy atom. The monoisotopic (exact) mass is 337 g/mol. The topological polar surface area (TPSA) is 12.0 Å². The first kappa shape index (κ1) is 12.1. The number of benzene rings is 1. The largest absolute Gasteiger partial charge is 0.380 e. The predicted molar refractivity (Wildman–Crippen MR) is 69.9 cm³/mol. The maximum atomic E-state index is 5.57. The fourth-order valence-electron chi connectivity index (χ4n) is 0.906. The summed E-state index contributed by atoms with van der Waals surface area (Å²) in [6.07, 6.45) is 0. The van der Waals surface area contributed by atoms with Crippen LogP contribution in [0.2, 0.25) is 0 Å². The van der Waals surface area contributed by atoms with E-state index >= 15 is 0 Å². The lowest BCUT2D eigenvalue weighted by atomic mass is 10.3. The summed E-state index contributed by atoms with van der Waals surface area (Å²) in [5.41, 5.74) is 3.73. The Bertz CT molecular complexity index is 350. The molecule has 1 N–H and O–H groups in total. The van der Waals surface area contributed by atoms with Gasteiger partial charge in [-0.3, -0.25) is 0 Å². The van der Waals surface area contributed by atoms with Crippen molar-refractivity contribution in [1.82, 2.24) is 0 Å². The number of halogens is 3.